The number of benzene rings is 4. The highest BCUT2D eigenvalue weighted by atomic mass is 32.2. The number of ether oxygens (including phenoxy) is 4. The van der Waals surface area contributed by atoms with Crippen molar-refractivity contribution >= 4 is 115 Å². The van der Waals surface area contributed by atoms with Crippen molar-refractivity contribution in [1.29, 1.82) is 0 Å². The number of hydrogen-bond acceptors (Lipinski definition) is 40. The Bertz CT molecular complexity index is 9730. The number of rotatable bonds is 40. The van der Waals surface area contributed by atoms with E-state index in [1.807, 2.05) is 0 Å². The molecule has 16 N–H and O–H groups in total. The number of fused-ring (bicyclic) bond motifs is 4. The Morgan fingerprint density at radius 3 is 0.840 bits per heavy atom. The van der Waals surface area contributed by atoms with Crippen LogP contribution in [-0.4, -0.2) is 334 Å². The molecule has 48 heteroatoms. The lowest BCUT2D eigenvalue weighted by atomic mass is 10.1. The second-order valence-corrected chi connectivity index (χ2v) is 33.3. The van der Waals surface area contributed by atoms with Crippen LogP contribution in [0.3, 0.4) is 0 Å². The fraction of sp³-hybridized carbons (Fsp3) is 0.583. The number of aromatic nitrogens is 20. The van der Waals surface area contributed by atoms with Crippen molar-refractivity contribution in [3.8, 4) is 0 Å². The lowest BCUT2D eigenvalue weighted by Crippen LogP contribution is -2.33. The molecule has 144 heavy (non-hydrogen) atoms. The molecule has 0 saturated heterocycles. The number of thioether (sulfide) groups is 4. The Labute approximate surface area is 928 Å². The van der Waals surface area contributed by atoms with Gasteiger partial charge in [-0.15, -0.1) is 20.4 Å². The molecule has 20 rings (SSSR count). The van der Waals surface area contributed by atoms with Crippen LogP contribution in [0.25, 0.3) is 44.7 Å². The van der Waals surface area contributed by atoms with E-state index < -0.39 is 409 Å². The highest BCUT2D eigenvalue weighted by Crippen LogP contribution is 2.50. The van der Waals surface area contributed by atoms with Crippen molar-refractivity contribution in [2.75, 3.05) is 96.8 Å². The Kier molecular flexibility index (Phi) is 17.8. The monoisotopic (exact) mass is 2130 g/mol. The number of anilines is 4. The zero-order valence-corrected chi connectivity index (χ0v) is 78.4. The normalized spacial score (nSPS) is 47.9. The van der Waals surface area contributed by atoms with Crippen molar-refractivity contribution in [2.45, 2.75) is 297 Å². The minimum absolute atomic E-state index is 0.00107. The Balaban J connectivity index is 0.000000176. The molecule has 776 valence electrons. The molecule has 0 bridgehead atoms. The third kappa shape index (κ3) is 23.8. The van der Waals surface area contributed by atoms with E-state index in [9.17, 15) is 78.8 Å². The molecule has 0 unspecified atom stereocenters. The van der Waals surface area contributed by atoms with Crippen molar-refractivity contribution < 1.29 is 180 Å². The highest BCUT2D eigenvalue weighted by molar-refractivity contribution is 7.99. The molecule has 0 aliphatic heterocycles. The van der Waals surface area contributed by atoms with E-state index in [1.54, 1.807) is 0 Å². The molecule has 12 aromatic rings. The minimum Gasteiger partial charge on any atom is -0.394 e. The number of halogens is 4. The predicted molar refractivity (Wildman–Crippen MR) is 530 cm³/mol. The van der Waals surface area contributed by atoms with E-state index in [4.69, 9.17) is 91.7 Å². The van der Waals surface area contributed by atoms with Gasteiger partial charge in [0.05, 0.1) is 139 Å². The molecular weight excluding hydrogens is 1950 g/mol. The van der Waals surface area contributed by atoms with Gasteiger partial charge < -0.3 is 101 Å². The maximum Gasteiger partial charge on any atom is 0.191 e. The maximum absolute atomic E-state index is 14.5. The van der Waals surface area contributed by atoms with Crippen LogP contribution in [0.5, 0.6) is 0 Å². The summed E-state index contributed by atoms with van der Waals surface area (Å²) in [6.07, 6.45) is -85.9. The van der Waals surface area contributed by atoms with Crippen molar-refractivity contribution in [2.24, 2.45) is 0 Å². The number of aliphatic hydroxyl groups is 12. The number of aliphatic hydroxyl groups excluding tert-OH is 2. The lowest BCUT2D eigenvalue weighted by molar-refractivity contribution is -0.0629. The fourth-order valence-electron chi connectivity index (χ4n) is 13.4. The van der Waals surface area contributed by atoms with Crippen LogP contribution in [0, 0.1) is 51.0 Å². The van der Waals surface area contributed by atoms with Crippen molar-refractivity contribution in [3.05, 3.63) is 141 Å². The van der Waals surface area contributed by atoms with Gasteiger partial charge in [0.2, 0.25) is 0 Å². The molecular formula is C96H124F4N24O16S4. The van der Waals surface area contributed by atoms with Crippen LogP contribution in [0.1, 0.15) is 279 Å². The molecule has 8 aliphatic rings. The second kappa shape index (κ2) is 47.3. The van der Waals surface area contributed by atoms with Gasteiger partial charge in [-0.1, -0.05) is 144 Å². The molecule has 0 amide bonds. The zero-order chi connectivity index (χ0) is 156. The van der Waals surface area contributed by atoms with Crippen LogP contribution in [0.2, 0.25) is 0 Å². The van der Waals surface area contributed by atoms with Crippen LogP contribution in [0.4, 0.5) is 40.8 Å². The van der Waals surface area contributed by atoms with E-state index in [2.05, 4.69) is 112 Å². The van der Waals surface area contributed by atoms with E-state index in [1.165, 1.54) is 76.2 Å². The van der Waals surface area contributed by atoms with Gasteiger partial charge in [-0.3, -0.25) is 0 Å². The summed E-state index contributed by atoms with van der Waals surface area (Å²) in [6, 6.07) is -10.0. The SMILES string of the molecule is [2H]C([2H])(C)C([2H])([2H])Sc1nc(N[C@@]2([2H])[C@H](c3ccc(C)c(F)c3)C2([2H])[2H])c2nnn([C@]3([2H])C([2H])([2H])[C@]([2H])(OC([2H])([2H])C([2H])([2H])O)[C@@]([2H])(O)[C@@]3([2H])O)c2n1.[2H]C([2H])(C)C([2H])([2H])Sc1nc(N[C@@]2([2H])[C@H](c3ccc(C)c(F)c3)C2([2H])[2H])c2nnn([C@]3([2H])C([2H])([2H])[C@]([2H])(OCCO)[C@@]([2H])(O)[C@@]3([2H])O)c2n1.[2H]C([2H])(CO)O[C@@]1([2H])C([2H])([2H])[C@@]([2H])(n2nnc3c(N[C@@]4([2H])[C@H](c5ccc(C)c(F)c5)C4([2H])[2H])nc(SC([2H])([2H])C([2H])([2H])C)nc32)[C@]([2H])(O)[C@]1([2H])O.[2H]C([2H])(O)CO[C@@]1([2H])C([2H])([2H])[C@@]([2H])(n2nnc3c(N[C@@]4([2H])[C@H](c5ccc(C)c(F)c5)C4([2H])[2H])nc(SC([2H])([2H])C([2H])([2H])C)nc32)[C@]([2H])(O)[C@]1([2H])O. The quantitative estimate of drug-likeness (QED) is 0.00969. The fourth-order valence-corrected chi connectivity index (χ4v) is 15.3. The van der Waals surface area contributed by atoms with E-state index >= 15 is 0 Å². The first kappa shape index (κ1) is 54.1. The van der Waals surface area contributed by atoms with E-state index in [-0.39, 0.29) is 110 Å². The molecule has 8 aliphatic carbocycles. The van der Waals surface area contributed by atoms with Crippen LogP contribution in [0.15, 0.2) is 93.4 Å². The highest BCUT2D eigenvalue weighted by Gasteiger charge is 2.51. The molecule has 8 heterocycles. The zero-order valence-electron chi connectivity index (χ0n) is 135. The molecule has 0 spiro atoms. The van der Waals surface area contributed by atoms with Gasteiger partial charge in [-0.2, -0.15) is 0 Å². The van der Waals surface area contributed by atoms with Gasteiger partial charge in [-0.25, -0.2) is 76.2 Å². The largest absolute Gasteiger partial charge is 0.394 e. The number of aryl methyl sites for hydroxylation is 4. The summed E-state index contributed by atoms with van der Waals surface area (Å²) >= 11 is 0.118. The first-order chi connectivity index (χ1) is 91.2. The second-order valence-electron chi connectivity index (χ2n) is 30.2. The van der Waals surface area contributed by atoms with Crippen LogP contribution < -0.4 is 21.3 Å². The van der Waals surface area contributed by atoms with Gasteiger partial charge in [0.15, 0.2) is 88.6 Å². The third-order valence-corrected chi connectivity index (χ3v) is 23.4. The minimum atomic E-state index is -4.45. The molecule has 40 nitrogen and oxygen atoms in total. The average molecular weight is 2130 g/mol. The third-order valence-electron chi connectivity index (χ3n) is 20.7. The summed E-state index contributed by atoms with van der Waals surface area (Å²) in [5.74, 6) is -10.8. The van der Waals surface area contributed by atoms with Gasteiger partial charge in [0, 0.05) is 140 Å². The smallest absolute Gasteiger partial charge is 0.191 e. The summed E-state index contributed by atoms with van der Waals surface area (Å²) in [5, 5.41) is 163. The molecule has 8 fully saturated rings. The topological polar surface area (TPSA) is 554 Å². The molecule has 4 aromatic carbocycles. The average Bonchev–Trinajstić information content (AvgIpc) is 1.49. The van der Waals surface area contributed by atoms with Crippen LogP contribution in [-0.2, 0) is 18.9 Å². The number of nitrogens with one attached hydrogen (secondary N) is 4. The Morgan fingerprint density at radius 1 is 0.347 bits per heavy atom. The predicted octanol–water partition coefficient (Wildman–Crippen LogP) is 8.73. The molecule has 8 aromatic heterocycles. The summed E-state index contributed by atoms with van der Waals surface area (Å²) in [6.45, 7) is -10.4. The van der Waals surface area contributed by atoms with Gasteiger partial charge in [0.1, 0.15) is 71.9 Å². The summed E-state index contributed by atoms with van der Waals surface area (Å²) in [5.41, 5.74) is -16.4. The van der Waals surface area contributed by atoms with E-state index in [0.29, 0.717) is 0 Å². The van der Waals surface area contributed by atoms with Gasteiger partial charge in [-0.05, 0) is 147 Å². The summed E-state index contributed by atoms with van der Waals surface area (Å²) in [4.78, 5) is 32.2. The van der Waals surface area contributed by atoms with Crippen molar-refractivity contribution in [1.82, 2.24) is 99.8 Å². The Morgan fingerprint density at radius 2 is 0.604 bits per heavy atom. The Hall–Kier alpha value is -9.52. The summed E-state index contributed by atoms with van der Waals surface area (Å²) in [7, 11) is 0. The van der Waals surface area contributed by atoms with Gasteiger partial charge in [0.25, 0.3) is 0 Å². The van der Waals surface area contributed by atoms with Crippen molar-refractivity contribution in [3.63, 3.8) is 0 Å². The first-order valence-corrected chi connectivity index (χ1v) is 45.1. The lowest BCUT2D eigenvalue weighted by Gasteiger charge is -2.17. The maximum atomic E-state index is 14.5. The summed E-state index contributed by atoms with van der Waals surface area (Å²) < 4.78 is 577. The number of nitrogens with zero attached hydrogens (tertiary/aromatic N) is 20. The standard InChI is InChI=1S/4C24H31FN6O4S/c4*1-3-8-36-24-27-22(26-16-10-14(16)13-5-4-12(2)15(25)9-13)19-23(28-24)31(30-29-19)17-11-18(35-7-6-32)21(34)20(17)33/h4*4-5,9,14,16-18,20-21,32-34H,3,6-8,10-11H2,1-2H3,(H,26,27,28)/t4*14-,16+,17+,18-,20-,21+/m0000/s1/i3D2,6D2,7D2,8D2,10D2,11D2,16D,17D,18D,20D,21D;3D2,7D2,8D2,10D2,11D2,16D,17D,18D,20D,21D;3D2,6D2,8D2,10D2,11D2,16D,17D,18D,20D,21D;3D2,8D2,10D2,11D2,16D,17D,18D,20D,21D. The van der Waals surface area contributed by atoms with Gasteiger partial charge >= 0.3 is 0 Å². The van der Waals surface area contributed by atoms with E-state index in [0.717, 1.165) is 52.0 Å². The van der Waals surface area contributed by atoms with Crippen LogP contribution >= 0.6 is 47.0 Å². The first-order valence-electron chi connectivity index (χ1n) is 71.8. The number of hydrogen-bond donors (Lipinski definition) is 16. The molecule has 24 atom stereocenters. The molecule has 8 saturated carbocycles. The molecule has 0 radical (unpaired) electrons.